The summed E-state index contributed by atoms with van der Waals surface area (Å²) in [6, 6.07) is 4.11. The van der Waals surface area contributed by atoms with Crippen LogP contribution in [-0.4, -0.2) is 62.2 Å². The average Bonchev–Trinajstić information content (AvgIpc) is 3.26. The van der Waals surface area contributed by atoms with Crippen molar-refractivity contribution in [2.24, 2.45) is 11.8 Å². The molecule has 0 unspecified atom stereocenters. The molecule has 0 bridgehead atoms. The van der Waals surface area contributed by atoms with Crippen LogP contribution in [0.2, 0.25) is 0 Å². The van der Waals surface area contributed by atoms with Crippen LogP contribution in [0.15, 0.2) is 30.0 Å². The molecule has 144 valence electrons. The number of likely N-dealkylation sites (tertiary alicyclic amines) is 2. The van der Waals surface area contributed by atoms with Gasteiger partial charge in [-0.1, -0.05) is 0 Å². The van der Waals surface area contributed by atoms with Crippen LogP contribution in [0.3, 0.4) is 0 Å². The van der Waals surface area contributed by atoms with Crippen molar-refractivity contribution in [1.82, 2.24) is 24.8 Å². The SMILES string of the molecule is O=C(c1cc2sccc2[nH]1)N1C[C@H]2CCN(C(=O)[C@@H]3C[C@H]3c3cnc[nH]3)[C@H]2C1. The summed E-state index contributed by atoms with van der Waals surface area (Å²) in [6.45, 7) is 2.21. The highest BCUT2D eigenvalue weighted by molar-refractivity contribution is 7.17. The van der Waals surface area contributed by atoms with E-state index in [9.17, 15) is 9.59 Å². The fourth-order valence-corrected chi connectivity index (χ4v) is 5.81. The second-order valence-electron chi connectivity index (χ2n) is 8.20. The van der Waals surface area contributed by atoms with Gasteiger partial charge in [0.05, 0.1) is 22.6 Å². The Balaban J connectivity index is 1.15. The first-order valence-corrected chi connectivity index (χ1v) is 10.7. The number of H-pyrrole nitrogens is 2. The predicted octanol–water partition coefficient (Wildman–Crippen LogP) is 2.43. The molecule has 3 aromatic heterocycles. The average molecular weight is 395 g/mol. The van der Waals surface area contributed by atoms with Crippen LogP contribution < -0.4 is 0 Å². The zero-order valence-electron chi connectivity index (χ0n) is 15.3. The van der Waals surface area contributed by atoms with Gasteiger partial charge in [-0.3, -0.25) is 9.59 Å². The van der Waals surface area contributed by atoms with Crippen molar-refractivity contribution in [2.75, 3.05) is 19.6 Å². The molecule has 7 nitrogen and oxygen atoms in total. The molecule has 0 radical (unpaired) electrons. The lowest BCUT2D eigenvalue weighted by molar-refractivity contribution is -0.133. The third kappa shape index (κ3) is 2.44. The number of carbonyl (C=O) groups excluding carboxylic acids is 2. The smallest absolute Gasteiger partial charge is 0.270 e. The zero-order chi connectivity index (χ0) is 18.8. The topological polar surface area (TPSA) is 85.1 Å². The highest BCUT2D eigenvalue weighted by Gasteiger charge is 2.52. The van der Waals surface area contributed by atoms with E-state index in [4.69, 9.17) is 0 Å². The molecule has 1 saturated carbocycles. The molecule has 2 aliphatic heterocycles. The summed E-state index contributed by atoms with van der Waals surface area (Å²) in [7, 11) is 0. The van der Waals surface area contributed by atoms with Crippen LogP contribution in [0.1, 0.15) is 34.9 Å². The van der Waals surface area contributed by atoms with Crippen LogP contribution >= 0.6 is 11.3 Å². The van der Waals surface area contributed by atoms with Crippen LogP contribution in [0.5, 0.6) is 0 Å². The van der Waals surface area contributed by atoms with Gasteiger partial charge in [-0.25, -0.2) is 4.98 Å². The minimum atomic E-state index is 0.0481. The van der Waals surface area contributed by atoms with Gasteiger partial charge in [0.15, 0.2) is 0 Å². The summed E-state index contributed by atoms with van der Waals surface area (Å²) in [5.41, 5.74) is 2.73. The standard InChI is InChI=1S/C20H21N5O2S/c26-19(13-5-12(13)16-7-21-10-22-16)25-3-1-11-8-24(9-17(11)25)20(27)15-6-18-14(23-15)2-4-28-18/h2,4,6-7,10-13,17,23H,1,3,5,8-9H2,(H,21,22)/t11-,12-,13-,17+/m1/s1. The normalized spacial score (nSPS) is 28.9. The summed E-state index contributed by atoms with van der Waals surface area (Å²) in [5, 5.41) is 2.02. The summed E-state index contributed by atoms with van der Waals surface area (Å²) in [4.78, 5) is 40.4. The van der Waals surface area contributed by atoms with Gasteiger partial charge in [0.2, 0.25) is 5.91 Å². The lowest BCUT2D eigenvalue weighted by atomic mass is 10.0. The van der Waals surface area contributed by atoms with E-state index in [-0.39, 0.29) is 29.7 Å². The summed E-state index contributed by atoms with van der Waals surface area (Å²) >= 11 is 1.64. The number of aromatic nitrogens is 3. The minimum absolute atomic E-state index is 0.0481. The molecule has 0 aromatic carbocycles. The molecule has 3 aromatic rings. The van der Waals surface area contributed by atoms with Gasteiger partial charge in [0.1, 0.15) is 5.69 Å². The third-order valence-electron chi connectivity index (χ3n) is 6.61. The third-order valence-corrected chi connectivity index (χ3v) is 7.48. The summed E-state index contributed by atoms with van der Waals surface area (Å²) in [6.07, 6.45) is 5.38. The molecule has 0 spiro atoms. The fourth-order valence-electron chi connectivity index (χ4n) is 5.03. The molecule has 2 saturated heterocycles. The number of nitrogens with zero attached hydrogens (tertiary/aromatic N) is 3. The second-order valence-corrected chi connectivity index (χ2v) is 9.14. The van der Waals surface area contributed by atoms with Crippen molar-refractivity contribution in [3.8, 4) is 0 Å². The van der Waals surface area contributed by atoms with Crippen molar-refractivity contribution < 1.29 is 9.59 Å². The van der Waals surface area contributed by atoms with Crippen LogP contribution in [0.25, 0.3) is 10.2 Å². The van der Waals surface area contributed by atoms with Gasteiger partial charge in [-0.15, -0.1) is 11.3 Å². The van der Waals surface area contributed by atoms with E-state index < -0.39 is 0 Å². The maximum absolute atomic E-state index is 13.1. The molecular weight excluding hydrogens is 374 g/mol. The first-order valence-electron chi connectivity index (χ1n) is 9.83. The molecule has 2 amide bonds. The first kappa shape index (κ1) is 16.4. The van der Waals surface area contributed by atoms with Gasteiger partial charge in [-0.05, 0) is 30.4 Å². The Labute approximate surface area is 165 Å². The quantitative estimate of drug-likeness (QED) is 0.714. The molecule has 3 aliphatic rings. The number of rotatable bonds is 3. The Morgan fingerprint density at radius 2 is 2.21 bits per heavy atom. The number of carbonyl (C=O) groups is 2. The monoisotopic (exact) mass is 395 g/mol. The molecule has 28 heavy (non-hydrogen) atoms. The highest BCUT2D eigenvalue weighted by atomic mass is 32.1. The maximum atomic E-state index is 13.1. The zero-order valence-corrected chi connectivity index (χ0v) is 16.1. The number of thiophene rings is 1. The number of aromatic amines is 2. The van der Waals surface area contributed by atoms with E-state index in [0.717, 1.165) is 41.8 Å². The maximum Gasteiger partial charge on any atom is 0.270 e. The number of fused-ring (bicyclic) bond motifs is 2. The Morgan fingerprint density at radius 3 is 3.04 bits per heavy atom. The molecule has 3 fully saturated rings. The Bertz CT molecular complexity index is 1030. The van der Waals surface area contributed by atoms with E-state index in [2.05, 4.69) is 15.0 Å². The number of nitrogens with one attached hydrogen (secondary N) is 2. The number of hydrogen-bond donors (Lipinski definition) is 2. The van der Waals surface area contributed by atoms with Crippen molar-refractivity contribution in [3.63, 3.8) is 0 Å². The van der Waals surface area contributed by atoms with Gasteiger partial charge in [0.25, 0.3) is 5.91 Å². The van der Waals surface area contributed by atoms with Crippen molar-refractivity contribution in [1.29, 1.82) is 0 Å². The number of hydrogen-bond acceptors (Lipinski definition) is 4. The Hall–Kier alpha value is -2.61. The van der Waals surface area contributed by atoms with Gasteiger partial charge in [0, 0.05) is 49.3 Å². The highest BCUT2D eigenvalue weighted by Crippen LogP contribution is 2.49. The van der Waals surface area contributed by atoms with Crippen LogP contribution in [0.4, 0.5) is 0 Å². The van der Waals surface area contributed by atoms with Crippen LogP contribution in [-0.2, 0) is 4.79 Å². The molecule has 4 atom stereocenters. The summed E-state index contributed by atoms with van der Waals surface area (Å²) in [5.74, 6) is 1.04. The molecule has 2 N–H and O–H groups in total. The largest absolute Gasteiger partial charge is 0.350 e. The molecule has 6 rings (SSSR count). The fraction of sp³-hybridized carbons (Fsp3) is 0.450. The predicted molar refractivity (Wildman–Crippen MR) is 105 cm³/mol. The Morgan fingerprint density at radius 1 is 1.29 bits per heavy atom. The Kier molecular flexibility index (Phi) is 3.47. The lowest BCUT2D eigenvalue weighted by Gasteiger charge is -2.25. The van der Waals surface area contributed by atoms with E-state index >= 15 is 0 Å². The van der Waals surface area contributed by atoms with Crippen molar-refractivity contribution in [2.45, 2.75) is 24.8 Å². The number of imidazole rings is 1. The minimum Gasteiger partial charge on any atom is -0.350 e. The van der Waals surface area contributed by atoms with Crippen LogP contribution in [0, 0.1) is 11.8 Å². The van der Waals surface area contributed by atoms with Gasteiger partial charge in [-0.2, -0.15) is 0 Å². The van der Waals surface area contributed by atoms with E-state index in [0.29, 0.717) is 18.2 Å². The van der Waals surface area contributed by atoms with Gasteiger partial charge >= 0.3 is 0 Å². The lowest BCUT2D eigenvalue weighted by Crippen LogP contribution is -2.41. The molecule has 8 heteroatoms. The van der Waals surface area contributed by atoms with Gasteiger partial charge < -0.3 is 19.8 Å². The van der Waals surface area contributed by atoms with E-state index in [1.807, 2.05) is 33.5 Å². The second kappa shape index (κ2) is 5.94. The first-order chi connectivity index (χ1) is 13.7. The van der Waals surface area contributed by atoms with E-state index in [1.165, 1.54) is 0 Å². The van der Waals surface area contributed by atoms with E-state index in [1.54, 1.807) is 17.7 Å². The number of amides is 2. The molecule has 1 aliphatic carbocycles. The van der Waals surface area contributed by atoms with Crippen molar-refractivity contribution in [3.05, 3.63) is 41.4 Å². The molecular formula is C20H21N5O2S. The molecule has 5 heterocycles. The van der Waals surface area contributed by atoms with Crippen molar-refractivity contribution >= 4 is 33.4 Å². The summed E-state index contributed by atoms with van der Waals surface area (Å²) < 4.78 is 1.11.